The van der Waals surface area contributed by atoms with Crippen LogP contribution < -0.4 is 0 Å². The van der Waals surface area contributed by atoms with Gasteiger partial charge in [-0.1, -0.05) is 0 Å². The molecule has 66 valence electrons. The number of nitrogens with one attached hydrogen (secondary N) is 1. The molecule has 0 fully saturated rings. The highest BCUT2D eigenvalue weighted by atomic mass is 32.1. The monoisotopic (exact) mass is 192 g/mol. The fraction of sp³-hybridized carbons (Fsp3) is 0.111. The number of nitrogens with zero attached hydrogens (tertiary/aromatic N) is 1. The molecular formula is C9H8N2OS. The van der Waals surface area contributed by atoms with E-state index in [1.807, 2.05) is 19.1 Å². The molecule has 0 aliphatic heterocycles. The number of aromatic amines is 1. The summed E-state index contributed by atoms with van der Waals surface area (Å²) in [5, 5.41) is 0. The quantitative estimate of drug-likeness (QED) is 0.706. The lowest BCUT2D eigenvalue weighted by Gasteiger charge is -2.00. The average molecular weight is 192 g/mol. The number of hydrogen-bond acceptors (Lipinski definition) is 3. The maximum Gasteiger partial charge on any atom is 0.197 e. The van der Waals surface area contributed by atoms with Crippen molar-refractivity contribution >= 4 is 12.2 Å². The first kappa shape index (κ1) is 8.19. The molecule has 2 rings (SSSR count). The van der Waals surface area contributed by atoms with Crippen LogP contribution in [-0.2, 0) is 0 Å². The van der Waals surface area contributed by atoms with Gasteiger partial charge in [0.15, 0.2) is 4.77 Å². The number of furan rings is 1. The average Bonchev–Trinajstić information content (AvgIpc) is 2.61. The predicted octanol–water partition coefficient (Wildman–Crippen LogP) is 2.71. The second-order valence-corrected chi connectivity index (χ2v) is 3.11. The zero-order valence-electron chi connectivity index (χ0n) is 7.07. The van der Waals surface area contributed by atoms with Crippen molar-refractivity contribution in [2.75, 3.05) is 0 Å². The summed E-state index contributed by atoms with van der Waals surface area (Å²) in [5.74, 6) is 0.783. The summed E-state index contributed by atoms with van der Waals surface area (Å²) in [5.41, 5.74) is 1.91. The molecule has 2 aromatic rings. The van der Waals surface area contributed by atoms with Gasteiger partial charge < -0.3 is 9.40 Å². The van der Waals surface area contributed by atoms with Crippen LogP contribution in [-0.4, -0.2) is 9.97 Å². The Bertz CT molecular complexity index is 459. The molecule has 3 nitrogen and oxygen atoms in total. The van der Waals surface area contributed by atoms with Crippen molar-refractivity contribution in [3.8, 4) is 11.5 Å². The van der Waals surface area contributed by atoms with Crippen LogP contribution in [0, 0.1) is 11.7 Å². The highest BCUT2D eigenvalue weighted by Gasteiger charge is 2.03. The van der Waals surface area contributed by atoms with Crippen LogP contribution in [0.25, 0.3) is 11.5 Å². The number of H-pyrrole nitrogens is 1. The maximum atomic E-state index is 5.25. The zero-order valence-corrected chi connectivity index (χ0v) is 7.89. The summed E-state index contributed by atoms with van der Waals surface area (Å²) in [6.45, 7) is 1.95. The first-order chi connectivity index (χ1) is 6.27. The van der Waals surface area contributed by atoms with Gasteiger partial charge in [0.2, 0.25) is 0 Å². The van der Waals surface area contributed by atoms with Crippen LogP contribution in [0.1, 0.15) is 5.56 Å². The van der Waals surface area contributed by atoms with E-state index in [0.717, 1.165) is 17.0 Å². The minimum Gasteiger partial charge on any atom is -0.463 e. The van der Waals surface area contributed by atoms with Crippen LogP contribution in [0.5, 0.6) is 0 Å². The summed E-state index contributed by atoms with van der Waals surface area (Å²) >= 11 is 4.92. The van der Waals surface area contributed by atoms with Gasteiger partial charge in [-0.3, -0.25) is 0 Å². The Morgan fingerprint density at radius 1 is 1.54 bits per heavy atom. The van der Waals surface area contributed by atoms with Gasteiger partial charge in [-0.15, -0.1) is 0 Å². The summed E-state index contributed by atoms with van der Waals surface area (Å²) in [4.78, 5) is 6.95. The Labute approximate surface area is 80.4 Å². The SMILES string of the molecule is Cc1cnc(=S)[nH]c1-c1ccco1. The fourth-order valence-electron chi connectivity index (χ4n) is 1.13. The lowest BCUT2D eigenvalue weighted by Crippen LogP contribution is -1.89. The molecule has 1 N–H and O–H groups in total. The van der Waals surface area contributed by atoms with Crippen molar-refractivity contribution in [1.29, 1.82) is 0 Å². The molecule has 0 aliphatic carbocycles. The lowest BCUT2D eigenvalue weighted by atomic mass is 10.2. The highest BCUT2D eigenvalue weighted by Crippen LogP contribution is 2.19. The van der Waals surface area contributed by atoms with Crippen molar-refractivity contribution in [3.63, 3.8) is 0 Å². The maximum absolute atomic E-state index is 5.25. The summed E-state index contributed by atoms with van der Waals surface area (Å²) < 4.78 is 5.72. The van der Waals surface area contributed by atoms with E-state index in [0.29, 0.717) is 4.77 Å². The number of aromatic nitrogens is 2. The molecule has 0 atom stereocenters. The predicted molar refractivity (Wildman–Crippen MR) is 51.9 cm³/mol. The standard InChI is InChI=1S/C9H8N2OS/c1-6-5-10-9(13)11-8(6)7-3-2-4-12-7/h2-5H,1H3,(H,10,11,13). The summed E-state index contributed by atoms with van der Waals surface area (Å²) in [6, 6.07) is 3.72. The van der Waals surface area contributed by atoms with Gasteiger partial charge in [0, 0.05) is 6.20 Å². The summed E-state index contributed by atoms with van der Waals surface area (Å²) in [7, 11) is 0. The minimum absolute atomic E-state index is 0.469. The van der Waals surface area contributed by atoms with E-state index in [2.05, 4.69) is 9.97 Å². The molecule has 0 amide bonds. The third kappa shape index (κ3) is 1.53. The van der Waals surface area contributed by atoms with E-state index in [-0.39, 0.29) is 0 Å². The molecule has 0 spiro atoms. The fourth-order valence-corrected chi connectivity index (χ4v) is 1.29. The molecule has 0 unspecified atom stereocenters. The largest absolute Gasteiger partial charge is 0.463 e. The van der Waals surface area contributed by atoms with Crippen molar-refractivity contribution < 1.29 is 4.42 Å². The molecule has 13 heavy (non-hydrogen) atoms. The molecular weight excluding hydrogens is 184 g/mol. The van der Waals surface area contributed by atoms with Gasteiger partial charge in [-0.2, -0.15) is 0 Å². The number of aryl methyl sites for hydroxylation is 1. The first-order valence-corrected chi connectivity index (χ1v) is 4.28. The van der Waals surface area contributed by atoms with E-state index in [4.69, 9.17) is 16.6 Å². The molecule has 0 aliphatic rings. The molecule has 2 aromatic heterocycles. The van der Waals surface area contributed by atoms with Crippen LogP contribution in [0.2, 0.25) is 0 Å². The van der Waals surface area contributed by atoms with Crippen molar-refractivity contribution in [1.82, 2.24) is 9.97 Å². The second-order valence-electron chi connectivity index (χ2n) is 2.72. The molecule has 0 aromatic carbocycles. The lowest BCUT2D eigenvalue weighted by molar-refractivity contribution is 0.579. The molecule has 2 heterocycles. The van der Waals surface area contributed by atoms with Crippen LogP contribution in [0.3, 0.4) is 0 Å². The Balaban J connectivity index is 2.64. The van der Waals surface area contributed by atoms with Crippen LogP contribution >= 0.6 is 12.2 Å². The van der Waals surface area contributed by atoms with Crippen molar-refractivity contribution in [3.05, 3.63) is 34.9 Å². The van der Waals surface area contributed by atoms with Gasteiger partial charge in [0.25, 0.3) is 0 Å². The third-order valence-electron chi connectivity index (χ3n) is 1.77. The second kappa shape index (κ2) is 3.14. The van der Waals surface area contributed by atoms with E-state index < -0.39 is 0 Å². The molecule has 0 saturated heterocycles. The van der Waals surface area contributed by atoms with Crippen molar-refractivity contribution in [2.45, 2.75) is 6.92 Å². The van der Waals surface area contributed by atoms with Gasteiger partial charge >= 0.3 is 0 Å². The van der Waals surface area contributed by atoms with Crippen molar-refractivity contribution in [2.24, 2.45) is 0 Å². The van der Waals surface area contributed by atoms with E-state index in [9.17, 15) is 0 Å². The third-order valence-corrected chi connectivity index (χ3v) is 1.98. The van der Waals surface area contributed by atoms with Crippen LogP contribution in [0.15, 0.2) is 29.0 Å². The minimum atomic E-state index is 0.469. The van der Waals surface area contributed by atoms with E-state index >= 15 is 0 Å². The molecule has 0 saturated carbocycles. The van der Waals surface area contributed by atoms with Gasteiger partial charge in [0.1, 0.15) is 5.76 Å². The Hall–Kier alpha value is -1.42. The highest BCUT2D eigenvalue weighted by molar-refractivity contribution is 7.71. The van der Waals surface area contributed by atoms with Crippen LogP contribution in [0.4, 0.5) is 0 Å². The number of hydrogen-bond donors (Lipinski definition) is 1. The smallest absolute Gasteiger partial charge is 0.197 e. The Kier molecular flexibility index (Phi) is 1.98. The zero-order chi connectivity index (χ0) is 9.26. The normalized spacial score (nSPS) is 10.2. The summed E-state index contributed by atoms with van der Waals surface area (Å²) in [6.07, 6.45) is 3.36. The van der Waals surface area contributed by atoms with E-state index in [1.54, 1.807) is 12.5 Å². The first-order valence-electron chi connectivity index (χ1n) is 3.87. The molecule has 0 bridgehead atoms. The number of rotatable bonds is 1. The van der Waals surface area contributed by atoms with Gasteiger partial charge in [0.05, 0.1) is 12.0 Å². The van der Waals surface area contributed by atoms with Gasteiger partial charge in [-0.05, 0) is 36.8 Å². The molecule has 0 radical (unpaired) electrons. The van der Waals surface area contributed by atoms with E-state index in [1.165, 1.54) is 0 Å². The van der Waals surface area contributed by atoms with Gasteiger partial charge in [-0.25, -0.2) is 4.98 Å². The molecule has 4 heteroatoms. The topological polar surface area (TPSA) is 41.8 Å². The Morgan fingerprint density at radius 2 is 2.38 bits per heavy atom. The Morgan fingerprint density at radius 3 is 3.08 bits per heavy atom.